The van der Waals surface area contributed by atoms with Crippen molar-refractivity contribution in [3.05, 3.63) is 54.1 Å². The fourth-order valence-corrected chi connectivity index (χ4v) is 3.69. The van der Waals surface area contributed by atoms with E-state index in [0.717, 1.165) is 18.6 Å². The molecule has 0 aliphatic heterocycles. The standard InChI is InChI=1S/C29H39ClO5/c1-4-6-7-8-9-10-11-12-21-33-24-15-13-23(14-16-24)28(31)34-25-17-19-26(20-18-25)35-29(32)27(30)22(3)5-2/h13-20,22,27H,4-12,21H2,1-3H3/t22-,27-/m0/s1. The zero-order valence-electron chi connectivity index (χ0n) is 21.3. The van der Waals surface area contributed by atoms with Crippen LogP contribution < -0.4 is 14.2 Å². The van der Waals surface area contributed by atoms with Crippen molar-refractivity contribution in [3.8, 4) is 17.2 Å². The van der Waals surface area contributed by atoms with Crippen LogP contribution in [0, 0.1) is 5.92 Å². The van der Waals surface area contributed by atoms with Gasteiger partial charge in [-0.1, -0.05) is 72.1 Å². The summed E-state index contributed by atoms with van der Waals surface area (Å²) in [6, 6.07) is 13.2. The number of benzene rings is 2. The molecule has 2 aromatic rings. The van der Waals surface area contributed by atoms with Crippen molar-refractivity contribution >= 4 is 23.5 Å². The Hall–Kier alpha value is -2.53. The Morgan fingerprint density at radius 1 is 0.743 bits per heavy atom. The highest BCUT2D eigenvalue weighted by atomic mass is 35.5. The molecule has 0 aliphatic rings. The van der Waals surface area contributed by atoms with Gasteiger partial charge >= 0.3 is 11.9 Å². The highest BCUT2D eigenvalue weighted by Gasteiger charge is 2.23. The van der Waals surface area contributed by atoms with Crippen molar-refractivity contribution in [1.29, 1.82) is 0 Å². The zero-order valence-corrected chi connectivity index (χ0v) is 22.0. The minimum Gasteiger partial charge on any atom is -0.494 e. The molecule has 5 nitrogen and oxygen atoms in total. The van der Waals surface area contributed by atoms with Gasteiger partial charge in [-0.15, -0.1) is 11.6 Å². The van der Waals surface area contributed by atoms with Crippen molar-refractivity contribution in [2.75, 3.05) is 6.61 Å². The summed E-state index contributed by atoms with van der Waals surface area (Å²) in [6.07, 6.45) is 10.8. The fraction of sp³-hybridized carbons (Fsp3) is 0.517. The predicted octanol–water partition coefficient (Wildman–Crippen LogP) is 7.98. The van der Waals surface area contributed by atoms with E-state index in [0.29, 0.717) is 23.7 Å². The number of alkyl halides is 1. The number of carbonyl (C=O) groups is 2. The summed E-state index contributed by atoms with van der Waals surface area (Å²) in [6.45, 7) is 6.78. The zero-order chi connectivity index (χ0) is 25.5. The maximum absolute atomic E-state index is 12.4. The lowest BCUT2D eigenvalue weighted by molar-refractivity contribution is -0.134. The van der Waals surface area contributed by atoms with Gasteiger partial charge < -0.3 is 14.2 Å². The van der Waals surface area contributed by atoms with Gasteiger partial charge in [0.1, 0.15) is 22.6 Å². The first-order valence-electron chi connectivity index (χ1n) is 12.9. The molecule has 2 rings (SSSR count). The Morgan fingerprint density at radius 3 is 1.83 bits per heavy atom. The van der Waals surface area contributed by atoms with Crippen LogP contribution in [0.1, 0.15) is 88.9 Å². The summed E-state index contributed by atoms with van der Waals surface area (Å²) in [5.74, 6) is 0.505. The van der Waals surface area contributed by atoms with Crippen LogP contribution in [0.5, 0.6) is 17.2 Å². The second-order valence-corrected chi connectivity index (χ2v) is 9.39. The highest BCUT2D eigenvalue weighted by molar-refractivity contribution is 6.30. The van der Waals surface area contributed by atoms with Gasteiger partial charge in [-0.2, -0.15) is 0 Å². The Labute approximate surface area is 215 Å². The molecule has 2 aromatic carbocycles. The van der Waals surface area contributed by atoms with Crippen molar-refractivity contribution in [2.24, 2.45) is 5.92 Å². The molecule has 0 saturated carbocycles. The highest BCUT2D eigenvalue weighted by Crippen LogP contribution is 2.22. The van der Waals surface area contributed by atoms with E-state index < -0.39 is 17.3 Å². The van der Waals surface area contributed by atoms with Crippen LogP contribution in [0.25, 0.3) is 0 Å². The van der Waals surface area contributed by atoms with Gasteiger partial charge in [-0.25, -0.2) is 4.79 Å². The predicted molar refractivity (Wildman–Crippen MR) is 141 cm³/mol. The van der Waals surface area contributed by atoms with Crippen LogP contribution in [-0.2, 0) is 4.79 Å². The molecule has 0 aliphatic carbocycles. The summed E-state index contributed by atoms with van der Waals surface area (Å²) in [5, 5.41) is -0.704. The number of ether oxygens (including phenoxy) is 3. The maximum Gasteiger partial charge on any atom is 0.343 e. The monoisotopic (exact) mass is 502 g/mol. The van der Waals surface area contributed by atoms with Gasteiger partial charge in [-0.3, -0.25) is 4.79 Å². The van der Waals surface area contributed by atoms with Gasteiger partial charge in [0.2, 0.25) is 0 Å². The molecule has 0 bridgehead atoms. The van der Waals surface area contributed by atoms with Gasteiger partial charge in [0.05, 0.1) is 12.2 Å². The molecule has 0 heterocycles. The molecule has 2 atom stereocenters. The topological polar surface area (TPSA) is 61.8 Å². The van der Waals surface area contributed by atoms with E-state index in [2.05, 4.69) is 6.92 Å². The molecular formula is C29H39ClO5. The first-order chi connectivity index (χ1) is 16.9. The number of carbonyl (C=O) groups excluding carboxylic acids is 2. The second-order valence-electron chi connectivity index (χ2n) is 8.92. The minimum atomic E-state index is -0.704. The molecule has 0 aromatic heterocycles. The Bertz CT molecular complexity index is 879. The van der Waals surface area contributed by atoms with Crippen LogP contribution in [0.3, 0.4) is 0 Å². The molecule has 0 unspecified atom stereocenters. The first-order valence-corrected chi connectivity index (χ1v) is 13.3. The summed E-state index contributed by atoms with van der Waals surface area (Å²) < 4.78 is 16.5. The number of rotatable bonds is 16. The van der Waals surface area contributed by atoms with E-state index in [4.69, 9.17) is 25.8 Å². The van der Waals surface area contributed by atoms with Gasteiger partial charge in [0, 0.05) is 0 Å². The Balaban J connectivity index is 1.72. The SMILES string of the molecule is CCCCCCCCCCOc1ccc(C(=O)Oc2ccc(OC(=O)[C@@H](Cl)[C@@H](C)CC)cc2)cc1. The number of unbranched alkanes of at least 4 members (excludes halogenated alkanes) is 7. The van der Waals surface area contributed by atoms with E-state index in [1.807, 2.05) is 13.8 Å². The Morgan fingerprint density at radius 2 is 1.26 bits per heavy atom. The lowest BCUT2D eigenvalue weighted by atomic mass is 10.1. The van der Waals surface area contributed by atoms with Crippen LogP contribution in [0.4, 0.5) is 0 Å². The van der Waals surface area contributed by atoms with Gasteiger partial charge in [0.25, 0.3) is 0 Å². The van der Waals surface area contributed by atoms with Crippen molar-refractivity contribution < 1.29 is 23.8 Å². The van der Waals surface area contributed by atoms with E-state index >= 15 is 0 Å². The number of halogens is 1. The van der Waals surface area contributed by atoms with E-state index in [9.17, 15) is 9.59 Å². The third-order valence-electron chi connectivity index (χ3n) is 5.98. The summed E-state index contributed by atoms with van der Waals surface area (Å²) >= 11 is 6.13. The van der Waals surface area contributed by atoms with Gasteiger partial charge in [0.15, 0.2) is 0 Å². The molecule has 0 N–H and O–H groups in total. The average molecular weight is 503 g/mol. The summed E-state index contributed by atoms with van der Waals surface area (Å²) in [5.41, 5.74) is 0.429. The quantitative estimate of drug-likeness (QED) is 0.101. The van der Waals surface area contributed by atoms with E-state index in [-0.39, 0.29) is 5.92 Å². The lowest BCUT2D eigenvalue weighted by Crippen LogP contribution is -2.26. The molecular weight excluding hydrogens is 464 g/mol. The average Bonchev–Trinajstić information content (AvgIpc) is 2.88. The molecule has 35 heavy (non-hydrogen) atoms. The molecule has 192 valence electrons. The lowest BCUT2D eigenvalue weighted by Gasteiger charge is -2.15. The van der Waals surface area contributed by atoms with Crippen LogP contribution in [0.2, 0.25) is 0 Å². The van der Waals surface area contributed by atoms with Crippen LogP contribution in [-0.4, -0.2) is 23.9 Å². The fourth-order valence-electron chi connectivity index (χ4n) is 3.47. The molecule has 0 saturated heterocycles. The molecule has 0 spiro atoms. The minimum absolute atomic E-state index is 0.0197. The molecule has 6 heteroatoms. The van der Waals surface area contributed by atoms with Crippen molar-refractivity contribution in [1.82, 2.24) is 0 Å². The maximum atomic E-state index is 12.4. The largest absolute Gasteiger partial charge is 0.494 e. The van der Waals surface area contributed by atoms with Crippen LogP contribution >= 0.6 is 11.6 Å². The molecule has 0 amide bonds. The number of esters is 2. The van der Waals surface area contributed by atoms with Crippen molar-refractivity contribution in [2.45, 2.75) is 83.9 Å². The normalized spacial score (nSPS) is 12.6. The van der Waals surface area contributed by atoms with Gasteiger partial charge in [-0.05, 0) is 60.9 Å². The number of hydrogen-bond acceptors (Lipinski definition) is 5. The van der Waals surface area contributed by atoms with E-state index in [1.165, 1.54) is 44.9 Å². The van der Waals surface area contributed by atoms with Crippen molar-refractivity contribution in [3.63, 3.8) is 0 Å². The molecule has 0 radical (unpaired) electrons. The smallest absolute Gasteiger partial charge is 0.343 e. The summed E-state index contributed by atoms with van der Waals surface area (Å²) in [7, 11) is 0. The third-order valence-corrected chi connectivity index (χ3v) is 6.59. The third kappa shape index (κ3) is 10.7. The first kappa shape index (κ1) is 28.7. The van der Waals surface area contributed by atoms with Crippen LogP contribution in [0.15, 0.2) is 48.5 Å². The van der Waals surface area contributed by atoms with E-state index in [1.54, 1.807) is 48.5 Å². The second kappa shape index (κ2) is 16.2. The molecule has 0 fully saturated rings. The number of hydrogen-bond donors (Lipinski definition) is 0. The Kier molecular flexibility index (Phi) is 13.3. The summed E-state index contributed by atoms with van der Waals surface area (Å²) in [4.78, 5) is 24.5.